The van der Waals surface area contributed by atoms with E-state index in [0.717, 1.165) is 13.3 Å². The van der Waals surface area contributed by atoms with Crippen LogP contribution in [0.15, 0.2) is 0 Å². The minimum absolute atomic E-state index is 0.118. The topological polar surface area (TPSA) is 63.2 Å². The van der Waals surface area contributed by atoms with Gasteiger partial charge in [0, 0.05) is 12.2 Å². The molecular weight excluding hydrogens is 400 g/mol. The Balaban J connectivity index is 2.13. The van der Waals surface area contributed by atoms with Crippen LogP contribution >= 0.6 is 0 Å². The SMILES string of the molecule is CCCOCCOCCOCCOCCC(=O)Oc1c(F)c(F)c(C)c(F)c1F. The summed E-state index contributed by atoms with van der Waals surface area (Å²) < 4.78 is 79.4. The first-order valence-corrected chi connectivity index (χ1v) is 9.24. The van der Waals surface area contributed by atoms with Gasteiger partial charge in [0.1, 0.15) is 0 Å². The third-order valence-electron chi connectivity index (χ3n) is 3.57. The highest BCUT2D eigenvalue weighted by Gasteiger charge is 2.26. The number of halogens is 4. The van der Waals surface area contributed by atoms with Crippen LogP contribution in [0.3, 0.4) is 0 Å². The average Bonchev–Trinajstić information content (AvgIpc) is 2.71. The number of hydrogen-bond donors (Lipinski definition) is 0. The first kappa shape index (κ1) is 25.3. The predicted molar refractivity (Wildman–Crippen MR) is 94.8 cm³/mol. The second-order valence-corrected chi connectivity index (χ2v) is 5.88. The smallest absolute Gasteiger partial charge is 0.313 e. The van der Waals surface area contributed by atoms with Crippen molar-refractivity contribution in [2.75, 3.05) is 52.9 Å². The van der Waals surface area contributed by atoms with Crippen LogP contribution in [0.1, 0.15) is 25.3 Å². The third kappa shape index (κ3) is 9.07. The fourth-order valence-corrected chi connectivity index (χ4v) is 2.04. The Kier molecular flexibility index (Phi) is 12.4. The molecule has 0 aliphatic carbocycles. The van der Waals surface area contributed by atoms with Crippen LogP contribution in [-0.4, -0.2) is 58.8 Å². The molecule has 1 rings (SSSR count). The normalized spacial score (nSPS) is 11.1. The molecule has 0 N–H and O–H groups in total. The van der Waals surface area contributed by atoms with Gasteiger partial charge in [-0.15, -0.1) is 0 Å². The summed E-state index contributed by atoms with van der Waals surface area (Å²) in [4.78, 5) is 11.6. The van der Waals surface area contributed by atoms with Crippen molar-refractivity contribution in [2.45, 2.75) is 26.7 Å². The number of carbonyl (C=O) groups excluding carboxylic acids is 1. The molecule has 10 heteroatoms. The molecule has 1 aromatic carbocycles. The van der Waals surface area contributed by atoms with E-state index in [4.69, 9.17) is 18.9 Å². The molecule has 0 atom stereocenters. The van der Waals surface area contributed by atoms with Gasteiger partial charge in [0.2, 0.25) is 17.4 Å². The van der Waals surface area contributed by atoms with Crippen LogP contribution in [0.5, 0.6) is 5.75 Å². The lowest BCUT2D eigenvalue weighted by molar-refractivity contribution is -0.136. The number of ether oxygens (including phenoxy) is 5. The summed E-state index contributed by atoms with van der Waals surface area (Å²) in [6.45, 7) is 5.68. The standard InChI is InChI=1S/C19H26F4O6/c1-3-5-25-7-9-27-11-12-28-10-8-26-6-4-14(24)29-19-17(22)15(20)13(2)16(21)18(19)23/h3-12H2,1-2H3. The first-order chi connectivity index (χ1) is 13.9. The zero-order valence-corrected chi connectivity index (χ0v) is 16.5. The van der Waals surface area contributed by atoms with Crippen molar-refractivity contribution in [3.63, 3.8) is 0 Å². The zero-order chi connectivity index (χ0) is 21.6. The fourth-order valence-electron chi connectivity index (χ4n) is 2.04. The maximum Gasteiger partial charge on any atom is 0.313 e. The lowest BCUT2D eigenvalue weighted by atomic mass is 10.2. The molecular formula is C19H26F4O6. The predicted octanol–water partition coefficient (Wildman–Crippen LogP) is 3.32. The lowest BCUT2D eigenvalue weighted by Crippen LogP contribution is -2.16. The highest BCUT2D eigenvalue weighted by molar-refractivity contribution is 5.72. The van der Waals surface area contributed by atoms with Crippen molar-refractivity contribution >= 4 is 5.97 Å². The van der Waals surface area contributed by atoms with Crippen molar-refractivity contribution in [3.8, 4) is 5.75 Å². The van der Waals surface area contributed by atoms with Gasteiger partial charge in [-0.3, -0.25) is 4.79 Å². The van der Waals surface area contributed by atoms with Gasteiger partial charge in [-0.1, -0.05) is 6.92 Å². The minimum Gasteiger partial charge on any atom is -0.420 e. The van der Waals surface area contributed by atoms with Crippen molar-refractivity contribution in [3.05, 3.63) is 28.8 Å². The van der Waals surface area contributed by atoms with Crippen LogP contribution in [0.2, 0.25) is 0 Å². The molecule has 6 nitrogen and oxygen atoms in total. The van der Waals surface area contributed by atoms with Crippen molar-refractivity contribution in [2.24, 2.45) is 0 Å². The Morgan fingerprint density at radius 3 is 1.55 bits per heavy atom. The highest BCUT2D eigenvalue weighted by atomic mass is 19.2. The molecule has 0 unspecified atom stereocenters. The lowest BCUT2D eigenvalue weighted by Gasteiger charge is -2.10. The fraction of sp³-hybridized carbons (Fsp3) is 0.632. The van der Waals surface area contributed by atoms with E-state index in [0.29, 0.717) is 33.0 Å². The summed E-state index contributed by atoms with van der Waals surface area (Å²) in [6.07, 6.45) is 0.592. The Bertz CT molecular complexity index is 613. The maximum atomic E-state index is 13.6. The molecule has 0 bridgehead atoms. The minimum atomic E-state index is -1.76. The molecule has 1 aromatic rings. The van der Waals surface area contributed by atoms with Gasteiger partial charge >= 0.3 is 5.97 Å². The van der Waals surface area contributed by atoms with Crippen LogP contribution < -0.4 is 4.74 Å². The van der Waals surface area contributed by atoms with Crippen LogP contribution in [-0.2, 0) is 23.7 Å². The summed E-state index contributed by atoms with van der Waals surface area (Å²) in [7, 11) is 0. The van der Waals surface area contributed by atoms with E-state index in [1.165, 1.54) is 0 Å². The molecule has 0 fully saturated rings. The highest BCUT2D eigenvalue weighted by Crippen LogP contribution is 2.29. The van der Waals surface area contributed by atoms with Crippen LogP contribution in [0.4, 0.5) is 17.6 Å². The molecule has 0 radical (unpaired) electrons. The molecule has 0 saturated carbocycles. The van der Waals surface area contributed by atoms with E-state index in [2.05, 4.69) is 4.74 Å². The Labute approximate surface area is 167 Å². The van der Waals surface area contributed by atoms with Gasteiger partial charge < -0.3 is 23.7 Å². The number of carbonyl (C=O) groups is 1. The molecule has 0 aliphatic rings. The Hall–Kier alpha value is -1.75. The van der Waals surface area contributed by atoms with Crippen LogP contribution in [0.25, 0.3) is 0 Å². The maximum absolute atomic E-state index is 13.6. The van der Waals surface area contributed by atoms with E-state index in [1.54, 1.807) is 0 Å². The summed E-state index contributed by atoms with van der Waals surface area (Å²) in [5.74, 6) is -9.24. The summed E-state index contributed by atoms with van der Waals surface area (Å²) in [5, 5.41) is 0. The van der Waals surface area contributed by atoms with Gasteiger partial charge in [0.05, 0.1) is 52.7 Å². The van der Waals surface area contributed by atoms with Crippen molar-refractivity contribution in [1.29, 1.82) is 0 Å². The van der Waals surface area contributed by atoms with Gasteiger partial charge in [-0.25, -0.2) is 8.78 Å². The van der Waals surface area contributed by atoms with Gasteiger partial charge in [-0.05, 0) is 13.3 Å². The monoisotopic (exact) mass is 426 g/mol. The molecule has 166 valence electrons. The van der Waals surface area contributed by atoms with E-state index in [-0.39, 0.29) is 26.2 Å². The number of benzene rings is 1. The average molecular weight is 426 g/mol. The third-order valence-corrected chi connectivity index (χ3v) is 3.57. The van der Waals surface area contributed by atoms with Crippen LogP contribution in [0, 0.1) is 30.2 Å². The zero-order valence-electron chi connectivity index (χ0n) is 16.5. The molecule has 29 heavy (non-hydrogen) atoms. The van der Waals surface area contributed by atoms with Gasteiger partial charge in [0.25, 0.3) is 0 Å². The largest absolute Gasteiger partial charge is 0.420 e. The Morgan fingerprint density at radius 1 is 0.690 bits per heavy atom. The van der Waals surface area contributed by atoms with Gasteiger partial charge in [-0.2, -0.15) is 8.78 Å². The van der Waals surface area contributed by atoms with Gasteiger partial charge in [0.15, 0.2) is 11.6 Å². The Morgan fingerprint density at radius 2 is 1.10 bits per heavy atom. The first-order valence-electron chi connectivity index (χ1n) is 9.24. The second-order valence-electron chi connectivity index (χ2n) is 5.88. The summed E-state index contributed by atoms with van der Waals surface area (Å²) >= 11 is 0. The second kappa shape index (κ2) is 14.3. The van der Waals surface area contributed by atoms with E-state index in [9.17, 15) is 22.4 Å². The number of esters is 1. The quantitative estimate of drug-likeness (QED) is 0.141. The number of rotatable bonds is 15. The molecule has 0 amide bonds. The summed E-state index contributed by atoms with van der Waals surface area (Å²) in [6, 6.07) is 0. The van der Waals surface area contributed by atoms with E-state index in [1.807, 2.05) is 6.92 Å². The molecule has 0 spiro atoms. The van der Waals surface area contributed by atoms with Crippen molar-refractivity contribution in [1.82, 2.24) is 0 Å². The molecule has 0 aliphatic heterocycles. The summed E-state index contributed by atoms with van der Waals surface area (Å²) in [5.41, 5.74) is -0.835. The number of hydrogen-bond acceptors (Lipinski definition) is 6. The van der Waals surface area contributed by atoms with E-state index >= 15 is 0 Å². The molecule has 0 heterocycles. The molecule has 0 aromatic heterocycles. The van der Waals surface area contributed by atoms with E-state index < -0.39 is 40.6 Å². The van der Waals surface area contributed by atoms with Crippen molar-refractivity contribution < 1.29 is 46.0 Å². The molecule has 0 saturated heterocycles.